The van der Waals surface area contributed by atoms with Crippen molar-refractivity contribution in [2.75, 3.05) is 11.4 Å². The largest absolute Gasteiger partial charge is 0.352 e. The first-order chi connectivity index (χ1) is 13.6. The van der Waals surface area contributed by atoms with E-state index in [1.54, 1.807) is 48.5 Å². The minimum atomic E-state index is -0.356. The zero-order valence-corrected chi connectivity index (χ0v) is 16.2. The fraction of sp³-hybridized carbons (Fsp3) is 0.348. The summed E-state index contributed by atoms with van der Waals surface area (Å²) in [6, 6.07) is 13.4. The molecule has 0 spiro atoms. The Morgan fingerprint density at radius 2 is 1.50 bits per heavy atom. The van der Waals surface area contributed by atoms with Crippen LogP contribution in [0.5, 0.6) is 0 Å². The van der Waals surface area contributed by atoms with Crippen molar-refractivity contribution >= 4 is 23.4 Å². The van der Waals surface area contributed by atoms with E-state index >= 15 is 0 Å². The summed E-state index contributed by atoms with van der Waals surface area (Å²) < 4.78 is 0. The second kappa shape index (κ2) is 9.31. The summed E-state index contributed by atoms with van der Waals surface area (Å²) in [5.41, 5.74) is 1.65. The lowest BCUT2D eigenvalue weighted by molar-refractivity contribution is 0.0919. The van der Waals surface area contributed by atoms with Crippen LogP contribution in [0.4, 0.5) is 5.69 Å². The number of hydrogen-bond acceptors (Lipinski definition) is 3. The van der Waals surface area contributed by atoms with Crippen LogP contribution in [0, 0.1) is 0 Å². The number of carbonyl (C=O) groups is 3. The van der Waals surface area contributed by atoms with Crippen molar-refractivity contribution in [2.24, 2.45) is 0 Å². The second-order valence-electron chi connectivity index (χ2n) is 7.07. The minimum Gasteiger partial charge on any atom is -0.352 e. The Balaban J connectivity index is 1.61. The van der Waals surface area contributed by atoms with E-state index in [9.17, 15) is 14.4 Å². The first-order valence-electron chi connectivity index (χ1n) is 9.99. The predicted octanol–water partition coefficient (Wildman–Crippen LogP) is 4.58. The molecule has 28 heavy (non-hydrogen) atoms. The van der Waals surface area contributed by atoms with Gasteiger partial charge in [0.05, 0.1) is 16.8 Å². The molecule has 0 aromatic heterocycles. The second-order valence-corrected chi connectivity index (χ2v) is 7.07. The number of imide groups is 1. The molecule has 146 valence electrons. The van der Waals surface area contributed by atoms with Gasteiger partial charge in [-0.1, -0.05) is 57.2 Å². The van der Waals surface area contributed by atoms with Crippen LogP contribution in [0.2, 0.25) is 0 Å². The molecule has 3 amide bonds. The Hall–Kier alpha value is -2.95. The summed E-state index contributed by atoms with van der Waals surface area (Å²) in [7, 11) is 0. The summed E-state index contributed by atoms with van der Waals surface area (Å²) in [4.78, 5) is 38.8. The van der Waals surface area contributed by atoms with E-state index < -0.39 is 0 Å². The summed E-state index contributed by atoms with van der Waals surface area (Å²) in [5.74, 6) is -0.900. The predicted molar refractivity (Wildman–Crippen MR) is 110 cm³/mol. The highest BCUT2D eigenvalue weighted by molar-refractivity contribution is 6.34. The zero-order valence-electron chi connectivity index (χ0n) is 16.2. The standard InChI is InChI=1S/C23H26N2O3/c1-2-3-4-5-6-9-15-24-21(26)17-11-10-12-18(16-17)25-22(27)19-13-7-8-14-20(19)23(25)28/h7-8,10-14,16H,2-6,9,15H2,1H3,(H,24,26). The van der Waals surface area contributed by atoms with Gasteiger partial charge in [-0.15, -0.1) is 0 Å². The summed E-state index contributed by atoms with van der Waals surface area (Å²) in [5, 5.41) is 2.92. The summed E-state index contributed by atoms with van der Waals surface area (Å²) >= 11 is 0. The molecule has 0 aliphatic carbocycles. The molecule has 0 bridgehead atoms. The highest BCUT2D eigenvalue weighted by atomic mass is 16.2. The molecule has 0 fully saturated rings. The smallest absolute Gasteiger partial charge is 0.266 e. The van der Waals surface area contributed by atoms with Gasteiger partial charge in [-0.3, -0.25) is 14.4 Å². The highest BCUT2D eigenvalue weighted by Crippen LogP contribution is 2.28. The van der Waals surface area contributed by atoms with Gasteiger partial charge in [-0.2, -0.15) is 0 Å². The van der Waals surface area contributed by atoms with Gasteiger partial charge in [-0.05, 0) is 36.8 Å². The van der Waals surface area contributed by atoms with Gasteiger partial charge in [0, 0.05) is 12.1 Å². The van der Waals surface area contributed by atoms with Gasteiger partial charge in [0.2, 0.25) is 0 Å². The van der Waals surface area contributed by atoms with E-state index in [1.165, 1.54) is 25.7 Å². The average Bonchev–Trinajstić information content (AvgIpc) is 2.98. The number of nitrogens with zero attached hydrogens (tertiary/aromatic N) is 1. The van der Waals surface area contributed by atoms with Gasteiger partial charge in [0.25, 0.3) is 17.7 Å². The van der Waals surface area contributed by atoms with E-state index in [4.69, 9.17) is 0 Å². The molecule has 1 aliphatic rings. The number of carbonyl (C=O) groups excluding carboxylic acids is 3. The Morgan fingerprint density at radius 3 is 2.18 bits per heavy atom. The topological polar surface area (TPSA) is 66.5 Å². The van der Waals surface area contributed by atoms with Crippen LogP contribution in [0.15, 0.2) is 48.5 Å². The number of rotatable bonds is 9. The lowest BCUT2D eigenvalue weighted by Crippen LogP contribution is -2.30. The lowest BCUT2D eigenvalue weighted by atomic mass is 10.1. The number of amides is 3. The van der Waals surface area contributed by atoms with Crippen molar-refractivity contribution in [3.63, 3.8) is 0 Å². The molecule has 5 heteroatoms. The molecule has 0 unspecified atom stereocenters. The number of benzene rings is 2. The lowest BCUT2D eigenvalue weighted by Gasteiger charge is -2.15. The fourth-order valence-corrected chi connectivity index (χ4v) is 3.42. The minimum absolute atomic E-state index is 0.188. The first-order valence-corrected chi connectivity index (χ1v) is 9.99. The molecular weight excluding hydrogens is 352 g/mol. The summed E-state index contributed by atoms with van der Waals surface area (Å²) in [6.07, 6.45) is 6.98. The van der Waals surface area contributed by atoms with Crippen LogP contribution >= 0.6 is 0 Å². The van der Waals surface area contributed by atoms with Gasteiger partial charge < -0.3 is 5.32 Å². The van der Waals surface area contributed by atoms with E-state index in [1.807, 2.05) is 0 Å². The third-order valence-electron chi connectivity index (χ3n) is 4.98. The van der Waals surface area contributed by atoms with Gasteiger partial charge in [-0.25, -0.2) is 4.90 Å². The van der Waals surface area contributed by atoms with Crippen molar-refractivity contribution in [3.8, 4) is 0 Å². The third-order valence-corrected chi connectivity index (χ3v) is 4.98. The van der Waals surface area contributed by atoms with Crippen LogP contribution in [0.25, 0.3) is 0 Å². The van der Waals surface area contributed by atoms with Crippen LogP contribution in [-0.2, 0) is 0 Å². The molecule has 2 aromatic rings. The van der Waals surface area contributed by atoms with Gasteiger partial charge in [0.1, 0.15) is 0 Å². The quantitative estimate of drug-likeness (QED) is 0.513. The molecule has 0 radical (unpaired) electrons. The van der Waals surface area contributed by atoms with E-state index in [-0.39, 0.29) is 17.7 Å². The average molecular weight is 378 g/mol. The molecule has 3 rings (SSSR count). The number of unbranched alkanes of at least 4 members (excludes halogenated alkanes) is 5. The SMILES string of the molecule is CCCCCCCCNC(=O)c1cccc(N2C(=O)c3ccccc3C2=O)c1. The zero-order chi connectivity index (χ0) is 19.9. The normalized spacial score (nSPS) is 13.0. The molecular formula is C23H26N2O3. The first kappa shape index (κ1) is 19.8. The Bertz CT molecular complexity index is 841. The Labute approximate surface area is 165 Å². The molecule has 0 atom stereocenters. The maximum atomic E-state index is 12.6. The van der Waals surface area contributed by atoms with Crippen LogP contribution < -0.4 is 10.2 Å². The number of fused-ring (bicyclic) bond motifs is 1. The van der Waals surface area contributed by atoms with Gasteiger partial charge in [0.15, 0.2) is 0 Å². The molecule has 2 aromatic carbocycles. The van der Waals surface area contributed by atoms with Crippen molar-refractivity contribution in [3.05, 3.63) is 65.2 Å². The van der Waals surface area contributed by atoms with E-state index in [0.717, 1.165) is 17.7 Å². The fourth-order valence-electron chi connectivity index (χ4n) is 3.42. The van der Waals surface area contributed by atoms with Gasteiger partial charge >= 0.3 is 0 Å². The third kappa shape index (κ3) is 4.30. The van der Waals surface area contributed by atoms with Crippen LogP contribution in [0.3, 0.4) is 0 Å². The summed E-state index contributed by atoms with van der Waals surface area (Å²) in [6.45, 7) is 2.82. The maximum Gasteiger partial charge on any atom is 0.266 e. The molecule has 0 saturated carbocycles. The molecule has 5 nitrogen and oxygen atoms in total. The van der Waals surface area contributed by atoms with E-state index in [2.05, 4.69) is 12.2 Å². The maximum absolute atomic E-state index is 12.6. The molecule has 1 N–H and O–H groups in total. The Kier molecular flexibility index (Phi) is 6.58. The van der Waals surface area contributed by atoms with Crippen molar-refractivity contribution in [1.82, 2.24) is 5.32 Å². The van der Waals surface area contributed by atoms with Crippen molar-refractivity contribution in [2.45, 2.75) is 45.4 Å². The van der Waals surface area contributed by atoms with Crippen LogP contribution in [0.1, 0.15) is 76.5 Å². The monoisotopic (exact) mass is 378 g/mol. The Morgan fingerprint density at radius 1 is 0.857 bits per heavy atom. The van der Waals surface area contributed by atoms with Crippen molar-refractivity contribution in [1.29, 1.82) is 0 Å². The number of nitrogens with one attached hydrogen (secondary N) is 1. The number of hydrogen-bond donors (Lipinski definition) is 1. The van der Waals surface area contributed by atoms with Crippen molar-refractivity contribution < 1.29 is 14.4 Å². The molecule has 0 saturated heterocycles. The molecule has 1 aliphatic heterocycles. The van der Waals surface area contributed by atoms with E-state index in [0.29, 0.717) is 28.9 Å². The molecule has 1 heterocycles. The highest BCUT2D eigenvalue weighted by Gasteiger charge is 2.36. The number of anilines is 1. The van der Waals surface area contributed by atoms with Crippen LogP contribution in [-0.4, -0.2) is 24.3 Å².